The molecule has 2 aromatic carbocycles. The Hall–Kier alpha value is -3.42. The maximum atomic E-state index is 12.7. The third kappa shape index (κ3) is 10.7. The summed E-state index contributed by atoms with van der Waals surface area (Å²) in [6, 6.07) is 15.7. The Morgan fingerprint density at radius 1 is 0.516 bits per heavy atom. The molecule has 0 radical (unpaired) electrons. The van der Waals surface area contributed by atoms with E-state index in [9.17, 15) is 9.59 Å². The Bertz CT molecular complexity index is 1750. The van der Waals surface area contributed by atoms with Gasteiger partial charge in [-0.2, -0.15) is 0 Å². The molecule has 342 valence electrons. The van der Waals surface area contributed by atoms with E-state index >= 15 is 0 Å². The number of hydrogen-bond acceptors (Lipinski definition) is 12. The molecule has 0 bridgehead atoms. The minimum atomic E-state index is -0.198. The van der Waals surface area contributed by atoms with Crippen molar-refractivity contribution < 1.29 is 23.8 Å². The van der Waals surface area contributed by atoms with Gasteiger partial charge in [0, 0.05) is 97.1 Å². The van der Waals surface area contributed by atoms with Crippen LogP contribution in [0.1, 0.15) is 76.3 Å². The summed E-state index contributed by atoms with van der Waals surface area (Å²) in [7, 11) is 0. The van der Waals surface area contributed by atoms with Gasteiger partial charge in [0.2, 0.25) is 0 Å². The number of carbonyl (C=O) groups excluding carboxylic acids is 2. The van der Waals surface area contributed by atoms with E-state index in [1.165, 1.54) is 28.2 Å². The molecule has 0 aliphatic carbocycles. The zero-order chi connectivity index (χ0) is 43.1. The highest BCUT2D eigenvalue weighted by atomic mass is 16.6. The predicted octanol–water partition coefficient (Wildman–Crippen LogP) is 5.69. The number of benzene rings is 2. The van der Waals surface area contributed by atoms with Gasteiger partial charge in [0.1, 0.15) is 12.2 Å². The molecule has 62 heavy (non-hydrogen) atoms. The fourth-order valence-electron chi connectivity index (χ4n) is 11.2. The average molecular weight is 856 g/mol. The first-order valence-electron chi connectivity index (χ1n) is 24.5. The maximum absolute atomic E-state index is 12.7. The van der Waals surface area contributed by atoms with E-state index in [-0.39, 0.29) is 35.0 Å². The summed E-state index contributed by atoms with van der Waals surface area (Å²) in [4.78, 5) is 42.8. The quantitative estimate of drug-likeness (QED) is 0.261. The molecule has 0 N–H and O–H groups in total. The van der Waals surface area contributed by atoms with Crippen molar-refractivity contribution in [1.29, 1.82) is 0 Å². The summed E-state index contributed by atoms with van der Waals surface area (Å²) in [5.41, 5.74) is 6.29. The third-order valence-corrected chi connectivity index (χ3v) is 15.7. The minimum Gasteiger partial charge on any atom is -0.462 e. The number of aryl methyl sites for hydroxylation is 2. The molecule has 12 nitrogen and oxygen atoms in total. The number of cyclic esters (lactones) is 2. The van der Waals surface area contributed by atoms with Crippen molar-refractivity contribution in [1.82, 2.24) is 19.6 Å². The molecule has 7 heterocycles. The number of morpholine rings is 1. The van der Waals surface area contributed by atoms with Crippen LogP contribution in [0, 0.1) is 24.7 Å². The number of likely N-dealkylation sites (tertiary alicyclic amines) is 2. The van der Waals surface area contributed by atoms with Crippen LogP contribution in [0.25, 0.3) is 0 Å². The van der Waals surface area contributed by atoms with Crippen molar-refractivity contribution in [2.75, 3.05) is 146 Å². The van der Waals surface area contributed by atoms with Gasteiger partial charge in [-0.05, 0) is 121 Å². The fourth-order valence-corrected chi connectivity index (χ4v) is 11.2. The monoisotopic (exact) mass is 856 g/mol. The molecule has 0 aromatic heterocycles. The summed E-state index contributed by atoms with van der Waals surface area (Å²) in [6.07, 6.45) is 7.93. The number of carbonyl (C=O) groups is 2. The smallest absolute Gasteiger partial charge is 0.312 e. The maximum Gasteiger partial charge on any atom is 0.312 e. The van der Waals surface area contributed by atoms with Crippen LogP contribution in [0.15, 0.2) is 42.5 Å². The lowest BCUT2D eigenvalue weighted by Crippen LogP contribution is -2.47. The van der Waals surface area contributed by atoms with Crippen LogP contribution in [-0.4, -0.2) is 175 Å². The third-order valence-electron chi connectivity index (χ3n) is 15.7. The Morgan fingerprint density at radius 2 is 0.968 bits per heavy atom. The Kier molecular flexibility index (Phi) is 15.0. The lowest BCUT2D eigenvalue weighted by atomic mass is 9.76. The summed E-state index contributed by atoms with van der Waals surface area (Å²) in [5, 5.41) is 0. The van der Waals surface area contributed by atoms with Gasteiger partial charge in [0.25, 0.3) is 0 Å². The molecule has 7 fully saturated rings. The molecular formula is C50H77N7O5. The van der Waals surface area contributed by atoms with E-state index in [0.717, 1.165) is 182 Å². The van der Waals surface area contributed by atoms with Gasteiger partial charge in [-0.15, -0.1) is 0 Å². The van der Waals surface area contributed by atoms with Gasteiger partial charge in [-0.1, -0.05) is 37.6 Å². The van der Waals surface area contributed by atoms with Crippen LogP contribution >= 0.6 is 0 Å². The SMILES string of the molecule is CCN1CCC2(CC1)CC(CCN1CCN(c3ccc(C)cc3)CC1)OC2=O.CCN1CCC2(CC1)CC(CCN1CCN(c3ccc(C)cc3N3CCOCC3)CC1)OC2=O. The van der Waals surface area contributed by atoms with E-state index < -0.39 is 0 Å². The highest BCUT2D eigenvalue weighted by Gasteiger charge is 2.51. The van der Waals surface area contributed by atoms with Crippen molar-refractivity contribution in [3.8, 4) is 0 Å². The van der Waals surface area contributed by atoms with Crippen LogP contribution in [0.3, 0.4) is 0 Å². The van der Waals surface area contributed by atoms with Gasteiger partial charge in [0.05, 0.1) is 35.4 Å². The van der Waals surface area contributed by atoms with Crippen molar-refractivity contribution in [2.45, 2.75) is 91.3 Å². The van der Waals surface area contributed by atoms with Crippen molar-refractivity contribution >= 4 is 29.0 Å². The van der Waals surface area contributed by atoms with Crippen LogP contribution in [0.4, 0.5) is 17.1 Å². The van der Waals surface area contributed by atoms with Crippen LogP contribution in [0.2, 0.25) is 0 Å². The number of anilines is 3. The molecular weight excluding hydrogens is 779 g/mol. The van der Waals surface area contributed by atoms with E-state index in [2.05, 4.69) is 104 Å². The summed E-state index contributed by atoms with van der Waals surface area (Å²) >= 11 is 0. The topological polar surface area (TPSA) is 84.5 Å². The number of nitrogens with zero attached hydrogens (tertiary/aromatic N) is 7. The average Bonchev–Trinajstić information content (AvgIpc) is 3.79. The minimum absolute atomic E-state index is 0.0769. The zero-order valence-electron chi connectivity index (χ0n) is 38.7. The molecule has 9 rings (SSSR count). The summed E-state index contributed by atoms with van der Waals surface area (Å²) in [5.74, 6) is 0.158. The fraction of sp³-hybridized carbons (Fsp3) is 0.720. The molecule has 0 amide bonds. The second-order valence-electron chi connectivity index (χ2n) is 19.6. The van der Waals surface area contributed by atoms with Crippen LogP contribution in [0.5, 0.6) is 0 Å². The lowest BCUT2D eigenvalue weighted by molar-refractivity contribution is -0.151. The molecule has 7 aliphatic rings. The Morgan fingerprint density at radius 3 is 1.45 bits per heavy atom. The first-order valence-corrected chi connectivity index (χ1v) is 24.5. The van der Waals surface area contributed by atoms with E-state index in [1.807, 2.05) is 0 Å². The van der Waals surface area contributed by atoms with Crippen molar-refractivity contribution in [2.24, 2.45) is 10.8 Å². The van der Waals surface area contributed by atoms with Crippen molar-refractivity contribution in [3.05, 3.63) is 53.6 Å². The van der Waals surface area contributed by atoms with Gasteiger partial charge >= 0.3 is 11.9 Å². The van der Waals surface area contributed by atoms with Crippen LogP contribution < -0.4 is 14.7 Å². The molecule has 7 saturated heterocycles. The molecule has 2 spiro atoms. The number of esters is 2. The normalized spacial score (nSPS) is 26.2. The predicted molar refractivity (Wildman–Crippen MR) is 248 cm³/mol. The largest absolute Gasteiger partial charge is 0.462 e. The number of ether oxygens (including phenoxy) is 3. The molecule has 7 aliphatic heterocycles. The zero-order valence-corrected chi connectivity index (χ0v) is 38.7. The van der Waals surface area contributed by atoms with Crippen molar-refractivity contribution in [3.63, 3.8) is 0 Å². The molecule has 12 heteroatoms. The van der Waals surface area contributed by atoms with Gasteiger partial charge in [-0.25, -0.2) is 0 Å². The highest BCUT2D eigenvalue weighted by molar-refractivity contribution is 5.80. The number of rotatable bonds is 11. The molecule has 2 aromatic rings. The first-order chi connectivity index (χ1) is 30.1. The van der Waals surface area contributed by atoms with Crippen LogP contribution in [-0.2, 0) is 23.8 Å². The van der Waals surface area contributed by atoms with Gasteiger partial charge in [-0.3, -0.25) is 19.4 Å². The second-order valence-corrected chi connectivity index (χ2v) is 19.6. The van der Waals surface area contributed by atoms with E-state index in [0.29, 0.717) is 0 Å². The van der Waals surface area contributed by atoms with Gasteiger partial charge in [0.15, 0.2) is 0 Å². The summed E-state index contributed by atoms with van der Waals surface area (Å²) < 4.78 is 17.3. The second kappa shape index (κ2) is 20.6. The standard InChI is InChI=1S/C27H42N4O3.C23H35N3O2/c1-3-28-10-7-27(8-11-28)21-23(34-26(27)32)6-9-29-12-14-30(15-13-29)24-5-4-22(2)20-25(24)31-16-18-33-19-17-31;1-3-24-12-9-23(10-13-24)18-21(28-22(23)27)8-11-25-14-16-26(17-15-25)20-6-4-19(2)5-7-20/h4-5,20,23H,3,6-19,21H2,1-2H3;4-7,21H,3,8-18H2,1-2H3. The van der Waals surface area contributed by atoms with E-state index in [4.69, 9.17) is 14.2 Å². The summed E-state index contributed by atoms with van der Waals surface area (Å²) in [6.45, 7) is 29.2. The Balaban J connectivity index is 0.000000174. The molecule has 2 unspecified atom stereocenters. The number of hydrogen-bond donors (Lipinski definition) is 0. The number of piperazine rings is 2. The van der Waals surface area contributed by atoms with E-state index in [1.54, 1.807) is 0 Å². The van der Waals surface area contributed by atoms with Gasteiger partial charge < -0.3 is 38.7 Å². The first kappa shape index (κ1) is 45.2. The number of piperidine rings is 2. The molecule has 0 saturated carbocycles. The highest BCUT2D eigenvalue weighted by Crippen LogP contribution is 2.45. The lowest BCUT2D eigenvalue weighted by Gasteiger charge is -2.39. The Labute approximate surface area is 372 Å². The molecule has 2 atom stereocenters.